The van der Waals surface area contributed by atoms with Gasteiger partial charge in [-0.25, -0.2) is 4.98 Å². The van der Waals surface area contributed by atoms with Crippen LogP contribution >= 0.6 is 0 Å². The largest absolute Gasteiger partial charge is 0.496 e. The SMILES string of the molecule is CC1(C)OB(c2ccc(N3CCN(Cc4ccccn4)CC3)nc2)OC1(C)C. The maximum absolute atomic E-state index is 6.12. The molecule has 0 atom stereocenters. The molecule has 2 fully saturated rings. The molecule has 2 saturated heterocycles. The molecule has 0 radical (unpaired) electrons. The maximum atomic E-state index is 6.12. The highest BCUT2D eigenvalue weighted by Gasteiger charge is 2.51. The molecule has 4 rings (SSSR count). The molecule has 0 aliphatic carbocycles. The summed E-state index contributed by atoms with van der Waals surface area (Å²) in [6, 6.07) is 10.2. The third-order valence-corrected chi connectivity index (χ3v) is 6.10. The van der Waals surface area contributed by atoms with E-state index >= 15 is 0 Å². The average Bonchev–Trinajstić information content (AvgIpc) is 2.91. The van der Waals surface area contributed by atoms with E-state index in [1.54, 1.807) is 0 Å². The fourth-order valence-electron chi connectivity index (χ4n) is 3.56. The standard InChI is InChI=1S/C21H29BN4O2/c1-20(2)21(3,4)28-22(27-20)17-8-9-19(24-15-17)26-13-11-25(12-14-26)16-18-7-5-6-10-23-18/h5-10,15H,11-14,16H2,1-4H3. The van der Waals surface area contributed by atoms with Crippen LogP contribution < -0.4 is 10.4 Å². The molecule has 0 unspecified atom stereocenters. The predicted molar refractivity (Wildman–Crippen MR) is 112 cm³/mol. The number of hydrogen-bond donors (Lipinski definition) is 0. The topological polar surface area (TPSA) is 50.7 Å². The van der Waals surface area contributed by atoms with E-state index in [2.05, 4.69) is 65.7 Å². The molecule has 148 valence electrons. The van der Waals surface area contributed by atoms with Crippen LogP contribution in [0.2, 0.25) is 0 Å². The maximum Gasteiger partial charge on any atom is 0.496 e. The Morgan fingerprint density at radius 1 is 0.929 bits per heavy atom. The molecule has 0 bridgehead atoms. The highest BCUT2D eigenvalue weighted by atomic mass is 16.7. The van der Waals surface area contributed by atoms with E-state index in [0.717, 1.165) is 49.7 Å². The third-order valence-electron chi connectivity index (χ3n) is 6.10. The van der Waals surface area contributed by atoms with Crippen molar-refractivity contribution in [2.45, 2.75) is 45.4 Å². The first-order chi connectivity index (χ1) is 13.3. The summed E-state index contributed by atoms with van der Waals surface area (Å²) in [6.07, 6.45) is 3.74. The molecule has 6 nitrogen and oxygen atoms in total. The minimum atomic E-state index is -0.359. The molecule has 0 spiro atoms. The quantitative estimate of drug-likeness (QED) is 0.758. The molecular formula is C21H29BN4O2. The van der Waals surface area contributed by atoms with Gasteiger partial charge in [-0.2, -0.15) is 0 Å². The normalized spacial score (nSPS) is 21.9. The van der Waals surface area contributed by atoms with Gasteiger partial charge in [-0.15, -0.1) is 0 Å². The highest BCUT2D eigenvalue weighted by Crippen LogP contribution is 2.36. The van der Waals surface area contributed by atoms with Crippen molar-refractivity contribution in [3.63, 3.8) is 0 Å². The number of hydrogen-bond acceptors (Lipinski definition) is 6. The fraction of sp³-hybridized carbons (Fsp3) is 0.524. The van der Waals surface area contributed by atoms with Gasteiger partial charge in [-0.05, 0) is 45.9 Å². The Balaban J connectivity index is 1.34. The number of rotatable bonds is 4. The van der Waals surface area contributed by atoms with Gasteiger partial charge in [0.2, 0.25) is 0 Å². The molecule has 2 aliphatic heterocycles. The second kappa shape index (κ2) is 7.46. The predicted octanol–water partition coefficient (Wildman–Crippen LogP) is 2.10. The molecule has 2 aliphatic rings. The summed E-state index contributed by atoms with van der Waals surface area (Å²) in [4.78, 5) is 13.9. The number of piperazine rings is 1. The average molecular weight is 380 g/mol. The van der Waals surface area contributed by atoms with E-state index in [4.69, 9.17) is 9.31 Å². The Kier molecular flexibility index (Phi) is 5.16. The lowest BCUT2D eigenvalue weighted by Gasteiger charge is -2.35. The van der Waals surface area contributed by atoms with Gasteiger partial charge in [0, 0.05) is 50.6 Å². The Morgan fingerprint density at radius 2 is 1.64 bits per heavy atom. The first kappa shape index (κ1) is 19.4. The van der Waals surface area contributed by atoms with Crippen molar-refractivity contribution in [2.24, 2.45) is 0 Å². The second-order valence-electron chi connectivity index (χ2n) is 8.62. The first-order valence-electron chi connectivity index (χ1n) is 10.0. The zero-order chi connectivity index (χ0) is 19.8. The van der Waals surface area contributed by atoms with Crippen LogP contribution in [0.4, 0.5) is 5.82 Å². The van der Waals surface area contributed by atoms with E-state index in [1.165, 1.54) is 0 Å². The van der Waals surface area contributed by atoms with Crippen LogP contribution in [0.3, 0.4) is 0 Å². The summed E-state index contributed by atoms with van der Waals surface area (Å²) >= 11 is 0. The summed E-state index contributed by atoms with van der Waals surface area (Å²) in [5.41, 5.74) is 1.43. The highest BCUT2D eigenvalue weighted by molar-refractivity contribution is 6.62. The van der Waals surface area contributed by atoms with E-state index in [-0.39, 0.29) is 18.3 Å². The number of nitrogens with zero attached hydrogens (tertiary/aromatic N) is 4. The number of anilines is 1. The second-order valence-corrected chi connectivity index (χ2v) is 8.62. The molecule has 2 aromatic heterocycles. The lowest BCUT2D eigenvalue weighted by atomic mass is 9.80. The van der Waals surface area contributed by atoms with E-state index in [1.807, 2.05) is 24.5 Å². The smallest absolute Gasteiger partial charge is 0.399 e. The van der Waals surface area contributed by atoms with Gasteiger partial charge in [0.1, 0.15) is 5.82 Å². The summed E-state index contributed by atoms with van der Waals surface area (Å²) in [5, 5.41) is 0. The van der Waals surface area contributed by atoms with Crippen LogP contribution in [-0.4, -0.2) is 59.4 Å². The summed E-state index contributed by atoms with van der Waals surface area (Å²) in [5.74, 6) is 1.01. The monoisotopic (exact) mass is 380 g/mol. The minimum absolute atomic E-state index is 0.333. The Hall–Kier alpha value is -1.96. The molecule has 7 heteroatoms. The molecule has 0 amide bonds. The van der Waals surface area contributed by atoms with E-state index in [9.17, 15) is 0 Å². The molecule has 4 heterocycles. The molecule has 0 aromatic carbocycles. The molecule has 2 aromatic rings. The lowest BCUT2D eigenvalue weighted by Crippen LogP contribution is -2.46. The van der Waals surface area contributed by atoms with Gasteiger partial charge in [-0.3, -0.25) is 9.88 Å². The van der Waals surface area contributed by atoms with Crippen LogP contribution in [0.15, 0.2) is 42.7 Å². The van der Waals surface area contributed by atoms with Gasteiger partial charge in [0.25, 0.3) is 0 Å². The fourth-order valence-corrected chi connectivity index (χ4v) is 3.56. The van der Waals surface area contributed by atoms with E-state index in [0.29, 0.717) is 0 Å². The molecular weight excluding hydrogens is 351 g/mol. The van der Waals surface area contributed by atoms with Gasteiger partial charge in [0.05, 0.1) is 16.9 Å². The number of pyridine rings is 2. The van der Waals surface area contributed by atoms with Crippen LogP contribution in [0.25, 0.3) is 0 Å². The van der Waals surface area contributed by atoms with Crippen molar-refractivity contribution in [1.82, 2.24) is 14.9 Å². The van der Waals surface area contributed by atoms with Gasteiger partial charge < -0.3 is 14.2 Å². The van der Waals surface area contributed by atoms with Gasteiger partial charge in [0.15, 0.2) is 0 Å². The van der Waals surface area contributed by atoms with Gasteiger partial charge in [-0.1, -0.05) is 12.1 Å². The Morgan fingerprint density at radius 3 is 2.21 bits per heavy atom. The van der Waals surface area contributed by atoms with Crippen molar-refractivity contribution in [3.05, 3.63) is 48.4 Å². The van der Waals surface area contributed by atoms with Crippen molar-refractivity contribution < 1.29 is 9.31 Å². The first-order valence-corrected chi connectivity index (χ1v) is 10.0. The van der Waals surface area contributed by atoms with Gasteiger partial charge >= 0.3 is 7.12 Å². The van der Waals surface area contributed by atoms with Crippen molar-refractivity contribution in [2.75, 3.05) is 31.1 Å². The molecule has 0 saturated carbocycles. The van der Waals surface area contributed by atoms with Crippen LogP contribution in [-0.2, 0) is 15.9 Å². The Labute approximate surface area is 168 Å². The minimum Gasteiger partial charge on any atom is -0.399 e. The summed E-state index contributed by atoms with van der Waals surface area (Å²) in [7, 11) is -0.359. The van der Waals surface area contributed by atoms with Crippen LogP contribution in [0.5, 0.6) is 0 Å². The summed E-state index contributed by atoms with van der Waals surface area (Å²) < 4.78 is 12.2. The van der Waals surface area contributed by atoms with E-state index < -0.39 is 0 Å². The van der Waals surface area contributed by atoms with Crippen LogP contribution in [0.1, 0.15) is 33.4 Å². The van der Waals surface area contributed by atoms with Crippen molar-refractivity contribution >= 4 is 18.4 Å². The zero-order valence-corrected chi connectivity index (χ0v) is 17.3. The van der Waals surface area contributed by atoms with Crippen LogP contribution in [0, 0.1) is 0 Å². The summed E-state index contributed by atoms with van der Waals surface area (Å²) in [6.45, 7) is 13.1. The molecule has 0 N–H and O–H groups in total. The molecule has 28 heavy (non-hydrogen) atoms. The zero-order valence-electron chi connectivity index (χ0n) is 17.3. The van der Waals surface area contributed by atoms with Crippen molar-refractivity contribution in [1.29, 1.82) is 0 Å². The third kappa shape index (κ3) is 3.92. The Bertz CT molecular complexity index is 774. The lowest BCUT2D eigenvalue weighted by molar-refractivity contribution is 0.00578. The van der Waals surface area contributed by atoms with Crippen molar-refractivity contribution in [3.8, 4) is 0 Å². The number of aromatic nitrogens is 2.